The summed E-state index contributed by atoms with van der Waals surface area (Å²) in [6.45, 7) is 8.68. The molecule has 1 rings (SSSR count). The van der Waals surface area contributed by atoms with Crippen molar-refractivity contribution < 1.29 is 5.11 Å². The van der Waals surface area contributed by atoms with Crippen LogP contribution >= 0.6 is 0 Å². The van der Waals surface area contributed by atoms with Gasteiger partial charge in [0.1, 0.15) is 0 Å². The van der Waals surface area contributed by atoms with E-state index >= 15 is 0 Å². The second kappa shape index (κ2) is 4.79. The van der Waals surface area contributed by atoms with Gasteiger partial charge in [-0.1, -0.05) is 44.6 Å². The summed E-state index contributed by atoms with van der Waals surface area (Å²) in [5, 5.41) is 9.84. The Balaban J connectivity index is 2.78. The zero-order valence-electron chi connectivity index (χ0n) is 9.70. The van der Waals surface area contributed by atoms with Crippen LogP contribution in [0.5, 0.6) is 0 Å². The normalized spacial score (nSPS) is 38.8. The van der Waals surface area contributed by atoms with Gasteiger partial charge in [0.15, 0.2) is 0 Å². The fraction of sp³-hybridized carbons (Fsp3) is 0.692. The number of hydrogen-bond donors (Lipinski definition) is 1. The highest BCUT2D eigenvalue weighted by Gasteiger charge is 2.30. The van der Waals surface area contributed by atoms with Crippen molar-refractivity contribution in [1.29, 1.82) is 0 Å². The molecule has 0 amide bonds. The average Bonchev–Trinajstić information content (AvgIpc) is 2.18. The Morgan fingerprint density at radius 1 is 1.29 bits per heavy atom. The first-order valence-corrected chi connectivity index (χ1v) is 5.57. The second-order valence-corrected chi connectivity index (χ2v) is 4.51. The topological polar surface area (TPSA) is 20.2 Å². The maximum absolute atomic E-state index is 9.84. The molecule has 1 heteroatoms. The molecular formula is C13H22O. The fourth-order valence-electron chi connectivity index (χ4n) is 2.13. The van der Waals surface area contributed by atoms with E-state index in [0.717, 1.165) is 6.42 Å². The predicted octanol–water partition coefficient (Wildman–Crippen LogP) is 3.16. The summed E-state index contributed by atoms with van der Waals surface area (Å²) < 4.78 is 0. The lowest BCUT2D eigenvalue weighted by atomic mass is 9.72. The van der Waals surface area contributed by atoms with Crippen molar-refractivity contribution in [3.05, 3.63) is 23.8 Å². The van der Waals surface area contributed by atoms with Gasteiger partial charge in [0.25, 0.3) is 0 Å². The molecule has 0 aromatic heterocycles. The summed E-state index contributed by atoms with van der Waals surface area (Å²) in [5.41, 5.74) is 1.39. The molecule has 1 N–H and O–H groups in total. The molecule has 0 bridgehead atoms. The van der Waals surface area contributed by atoms with E-state index in [4.69, 9.17) is 0 Å². The molecule has 0 aromatic carbocycles. The van der Waals surface area contributed by atoms with Crippen LogP contribution in [-0.2, 0) is 0 Å². The van der Waals surface area contributed by atoms with Crippen molar-refractivity contribution in [2.75, 3.05) is 0 Å². The molecule has 0 aromatic rings. The van der Waals surface area contributed by atoms with Crippen molar-refractivity contribution in [3.8, 4) is 0 Å². The number of aliphatic hydroxyl groups is 1. The predicted molar refractivity (Wildman–Crippen MR) is 61.0 cm³/mol. The van der Waals surface area contributed by atoms with Crippen molar-refractivity contribution in [3.63, 3.8) is 0 Å². The van der Waals surface area contributed by atoms with E-state index in [1.165, 1.54) is 5.57 Å². The van der Waals surface area contributed by atoms with E-state index in [1.54, 1.807) is 0 Å². The number of rotatable bonds is 2. The maximum atomic E-state index is 9.84. The molecule has 0 aliphatic heterocycles. The Bertz CT molecular complexity index is 240. The molecule has 0 saturated heterocycles. The quantitative estimate of drug-likeness (QED) is 0.669. The third-order valence-electron chi connectivity index (χ3n) is 3.72. The van der Waals surface area contributed by atoms with Gasteiger partial charge in [0.2, 0.25) is 0 Å². The summed E-state index contributed by atoms with van der Waals surface area (Å²) in [4.78, 5) is 0. The van der Waals surface area contributed by atoms with E-state index in [0.29, 0.717) is 17.8 Å². The molecule has 1 aliphatic carbocycles. The van der Waals surface area contributed by atoms with Gasteiger partial charge in [0.05, 0.1) is 6.10 Å². The lowest BCUT2D eigenvalue weighted by Crippen LogP contribution is -2.32. The lowest BCUT2D eigenvalue weighted by molar-refractivity contribution is 0.0982. The number of aliphatic hydroxyl groups excluding tert-OH is 1. The maximum Gasteiger partial charge on any atom is 0.0752 e. The highest BCUT2D eigenvalue weighted by Crippen LogP contribution is 2.35. The van der Waals surface area contributed by atoms with E-state index in [-0.39, 0.29) is 6.10 Å². The van der Waals surface area contributed by atoms with Crippen LogP contribution in [0.25, 0.3) is 0 Å². The minimum Gasteiger partial charge on any atom is -0.389 e. The summed E-state index contributed by atoms with van der Waals surface area (Å²) in [6, 6.07) is 0. The minimum atomic E-state index is -0.249. The molecule has 4 atom stereocenters. The van der Waals surface area contributed by atoms with E-state index in [9.17, 15) is 5.11 Å². The minimum absolute atomic E-state index is 0.249. The smallest absolute Gasteiger partial charge is 0.0752 e. The molecule has 0 spiro atoms. The molecule has 0 heterocycles. The Labute approximate surface area is 87.5 Å². The molecule has 4 unspecified atom stereocenters. The van der Waals surface area contributed by atoms with Gasteiger partial charge >= 0.3 is 0 Å². The zero-order chi connectivity index (χ0) is 10.7. The molecule has 1 nitrogen and oxygen atoms in total. The van der Waals surface area contributed by atoms with E-state index in [1.807, 2.05) is 6.92 Å². The third kappa shape index (κ3) is 2.27. The highest BCUT2D eigenvalue weighted by atomic mass is 16.3. The molecule has 0 saturated carbocycles. The van der Waals surface area contributed by atoms with Crippen LogP contribution in [0.3, 0.4) is 0 Å². The van der Waals surface area contributed by atoms with Crippen LogP contribution in [0.15, 0.2) is 23.8 Å². The Hall–Kier alpha value is -0.560. The van der Waals surface area contributed by atoms with Gasteiger partial charge in [-0.2, -0.15) is 0 Å². The first kappa shape index (κ1) is 11.5. The summed E-state index contributed by atoms with van der Waals surface area (Å²) >= 11 is 0. The molecule has 14 heavy (non-hydrogen) atoms. The summed E-state index contributed by atoms with van der Waals surface area (Å²) in [7, 11) is 0. The molecule has 0 radical (unpaired) electrons. The van der Waals surface area contributed by atoms with Crippen molar-refractivity contribution in [1.82, 2.24) is 0 Å². The van der Waals surface area contributed by atoms with Gasteiger partial charge in [-0.15, -0.1) is 0 Å². The van der Waals surface area contributed by atoms with Crippen LogP contribution in [-0.4, -0.2) is 11.2 Å². The summed E-state index contributed by atoms with van der Waals surface area (Å²) in [6.07, 6.45) is 7.03. The monoisotopic (exact) mass is 194 g/mol. The Morgan fingerprint density at radius 3 is 2.50 bits per heavy atom. The lowest BCUT2D eigenvalue weighted by Gasteiger charge is -2.35. The van der Waals surface area contributed by atoms with E-state index < -0.39 is 0 Å². The summed E-state index contributed by atoms with van der Waals surface area (Å²) in [5.74, 6) is 1.57. The zero-order valence-corrected chi connectivity index (χ0v) is 9.70. The SMILES string of the molecule is C/C=C/CC1=CC(O)C(C)C(C)C1C. The fourth-order valence-corrected chi connectivity index (χ4v) is 2.13. The van der Waals surface area contributed by atoms with Gasteiger partial charge in [-0.05, 0) is 31.1 Å². The molecular weight excluding hydrogens is 172 g/mol. The first-order valence-electron chi connectivity index (χ1n) is 5.57. The third-order valence-corrected chi connectivity index (χ3v) is 3.72. The van der Waals surface area contributed by atoms with Gasteiger partial charge < -0.3 is 5.11 Å². The number of hydrogen-bond acceptors (Lipinski definition) is 1. The molecule has 80 valence electrons. The average molecular weight is 194 g/mol. The second-order valence-electron chi connectivity index (χ2n) is 4.51. The Kier molecular flexibility index (Phi) is 3.94. The van der Waals surface area contributed by atoms with Crippen molar-refractivity contribution in [2.24, 2.45) is 17.8 Å². The Morgan fingerprint density at radius 2 is 1.93 bits per heavy atom. The largest absolute Gasteiger partial charge is 0.389 e. The first-order chi connectivity index (χ1) is 6.57. The van der Waals surface area contributed by atoms with Crippen molar-refractivity contribution in [2.45, 2.75) is 40.2 Å². The standard InChI is InChI=1S/C13H22O/c1-5-6-7-12-8-13(14)11(4)9(2)10(12)3/h5-6,8-11,13-14H,7H2,1-4H3/b6-5+. The van der Waals surface area contributed by atoms with Crippen LogP contribution in [0, 0.1) is 17.8 Å². The molecule has 1 aliphatic rings. The van der Waals surface area contributed by atoms with Crippen LogP contribution in [0.1, 0.15) is 34.1 Å². The molecule has 0 fully saturated rings. The highest BCUT2D eigenvalue weighted by molar-refractivity contribution is 5.18. The van der Waals surface area contributed by atoms with Crippen molar-refractivity contribution >= 4 is 0 Å². The van der Waals surface area contributed by atoms with Crippen LogP contribution < -0.4 is 0 Å². The van der Waals surface area contributed by atoms with Crippen LogP contribution in [0.4, 0.5) is 0 Å². The van der Waals surface area contributed by atoms with Gasteiger partial charge in [-0.25, -0.2) is 0 Å². The van der Waals surface area contributed by atoms with Crippen LogP contribution in [0.2, 0.25) is 0 Å². The number of allylic oxidation sites excluding steroid dienone is 3. The van der Waals surface area contributed by atoms with Gasteiger partial charge in [0, 0.05) is 0 Å². The van der Waals surface area contributed by atoms with Gasteiger partial charge in [-0.3, -0.25) is 0 Å². The van der Waals surface area contributed by atoms with E-state index in [2.05, 4.69) is 39.0 Å².